The van der Waals surface area contributed by atoms with Gasteiger partial charge in [0.2, 0.25) is 0 Å². The lowest BCUT2D eigenvalue weighted by Crippen LogP contribution is -2.51. The monoisotopic (exact) mass is 267 g/mol. The summed E-state index contributed by atoms with van der Waals surface area (Å²) < 4.78 is 0. The summed E-state index contributed by atoms with van der Waals surface area (Å²) >= 11 is 1.55. The number of aromatic nitrogens is 1. The lowest BCUT2D eigenvalue weighted by Gasteiger charge is -2.39. The molecule has 1 aliphatic rings. The van der Waals surface area contributed by atoms with E-state index in [9.17, 15) is 4.79 Å². The Balaban J connectivity index is 2.28. The summed E-state index contributed by atoms with van der Waals surface area (Å²) in [6.45, 7) is 12.0. The molecular weight excluding hydrogens is 246 g/mol. The summed E-state index contributed by atoms with van der Waals surface area (Å²) in [5.74, 6) is 0.118. The van der Waals surface area contributed by atoms with Crippen LogP contribution in [0.4, 0.5) is 0 Å². The number of ketones is 1. The summed E-state index contributed by atoms with van der Waals surface area (Å²) in [6, 6.07) is 0. The minimum absolute atomic E-state index is 0.0920. The van der Waals surface area contributed by atoms with Crippen molar-refractivity contribution in [2.75, 3.05) is 26.2 Å². The molecular formula is C13H21N3OS. The molecule has 1 aromatic rings. The predicted molar refractivity (Wildman–Crippen MR) is 74.3 cm³/mol. The molecule has 2 rings (SSSR count). The maximum absolute atomic E-state index is 11.5. The van der Waals surface area contributed by atoms with Crippen LogP contribution in [0.5, 0.6) is 0 Å². The van der Waals surface area contributed by atoms with E-state index in [1.54, 1.807) is 18.3 Å². The molecule has 0 bridgehead atoms. The van der Waals surface area contributed by atoms with Gasteiger partial charge >= 0.3 is 0 Å². The Morgan fingerprint density at radius 3 is 2.50 bits per heavy atom. The van der Waals surface area contributed by atoms with E-state index in [2.05, 4.69) is 29.0 Å². The van der Waals surface area contributed by atoms with Gasteiger partial charge in [-0.2, -0.15) is 0 Å². The number of nitrogens with one attached hydrogen (secondary N) is 1. The molecule has 1 N–H and O–H groups in total. The first-order valence-corrected chi connectivity index (χ1v) is 7.19. The van der Waals surface area contributed by atoms with E-state index in [0.29, 0.717) is 0 Å². The number of aryl methyl sites for hydroxylation is 1. The number of hydrogen-bond acceptors (Lipinski definition) is 5. The zero-order valence-corrected chi connectivity index (χ0v) is 12.4. The number of carbonyl (C=O) groups excluding carboxylic acids is 1. The Morgan fingerprint density at radius 1 is 1.39 bits per heavy atom. The second-order valence-electron chi connectivity index (χ2n) is 5.29. The van der Waals surface area contributed by atoms with E-state index in [-0.39, 0.29) is 11.3 Å². The second kappa shape index (κ2) is 5.07. The first kappa shape index (κ1) is 13.6. The minimum Gasteiger partial charge on any atom is -0.314 e. The van der Waals surface area contributed by atoms with Crippen molar-refractivity contribution in [3.05, 3.63) is 15.6 Å². The van der Waals surface area contributed by atoms with Crippen LogP contribution in [0.25, 0.3) is 0 Å². The summed E-state index contributed by atoms with van der Waals surface area (Å²) in [5.41, 5.74) is 0.774. The van der Waals surface area contributed by atoms with Crippen molar-refractivity contribution in [2.45, 2.75) is 33.2 Å². The molecule has 100 valence electrons. The molecule has 18 heavy (non-hydrogen) atoms. The summed E-state index contributed by atoms with van der Waals surface area (Å²) in [5, 5.41) is 4.41. The molecule has 5 heteroatoms. The van der Waals surface area contributed by atoms with Crippen LogP contribution < -0.4 is 5.32 Å². The van der Waals surface area contributed by atoms with E-state index in [1.807, 2.05) is 6.92 Å². The average molecular weight is 267 g/mol. The van der Waals surface area contributed by atoms with Crippen LogP contribution in [-0.2, 0) is 5.54 Å². The molecule has 0 aromatic carbocycles. The van der Waals surface area contributed by atoms with Gasteiger partial charge in [-0.25, -0.2) is 4.98 Å². The Hall–Kier alpha value is -0.780. The van der Waals surface area contributed by atoms with Crippen molar-refractivity contribution in [2.24, 2.45) is 0 Å². The first-order valence-electron chi connectivity index (χ1n) is 6.37. The Kier molecular flexibility index (Phi) is 3.84. The van der Waals surface area contributed by atoms with E-state index < -0.39 is 0 Å². The highest BCUT2D eigenvalue weighted by molar-refractivity contribution is 7.14. The average Bonchev–Trinajstić information content (AvgIpc) is 2.73. The number of nitrogens with zero attached hydrogens (tertiary/aromatic N) is 2. The highest BCUT2D eigenvalue weighted by Crippen LogP contribution is 2.33. The van der Waals surface area contributed by atoms with Gasteiger partial charge < -0.3 is 5.32 Å². The Bertz CT molecular complexity index is 447. The topological polar surface area (TPSA) is 45.2 Å². The van der Waals surface area contributed by atoms with Gasteiger partial charge in [0, 0.05) is 33.1 Å². The van der Waals surface area contributed by atoms with Crippen molar-refractivity contribution in [1.82, 2.24) is 15.2 Å². The Morgan fingerprint density at radius 2 is 2.00 bits per heavy atom. The molecule has 2 heterocycles. The number of rotatable bonds is 3. The number of carbonyl (C=O) groups is 1. The van der Waals surface area contributed by atoms with Crippen LogP contribution in [-0.4, -0.2) is 41.8 Å². The van der Waals surface area contributed by atoms with Crippen LogP contribution in [0, 0.1) is 6.92 Å². The SMILES string of the molecule is CC(=O)c1sc(C(C)(C)N2CCNCC2)nc1C. The van der Waals surface area contributed by atoms with E-state index in [1.165, 1.54) is 0 Å². The van der Waals surface area contributed by atoms with E-state index in [0.717, 1.165) is 41.8 Å². The van der Waals surface area contributed by atoms with Crippen LogP contribution in [0.15, 0.2) is 0 Å². The molecule has 0 spiro atoms. The molecule has 0 radical (unpaired) electrons. The molecule has 0 unspecified atom stereocenters. The van der Waals surface area contributed by atoms with Crippen LogP contribution in [0.1, 0.15) is 41.1 Å². The second-order valence-corrected chi connectivity index (χ2v) is 6.28. The summed E-state index contributed by atoms with van der Waals surface area (Å²) in [4.78, 5) is 19.4. The molecule has 1 aromatic heterocycles. The van der Waals surface area contributed by atoms with Crippen molar-refractivity contribution < 1.29 is 4.79 Å². The van der Waals surface area contributed by atoms with Gasteiger partial charge in [-0.1, -0.05) is 0 Å². The highest BCUT2D eigenvalue weighted by atomic mass is 32.1. The molecule has 0 amide bonds. The number of thiazole rings is 1. The number of piperazine rings is 1. The van der Waals surface area contributed by atoms with Gasteiger partial charge in [0.25, 0.3) is 0 Å². The summed E-state index contributed by atoms with van der Waals surface area (Å²) in [6.07, 6.45) is 0. The summed E-state index contributed by atoms with van der Waals surface area (Å²) in [7, 11) is 0. The molecule has 0 atom stereocenters. The van der Waals surface area contributed by atoms with Crippen molar-refractivity contribution >= 4 is 17.1 Å². The van der Waals surface area contributed by atoms with Crippen LogP contribution in [0.2, 0.25) is 0 Å². The quantitative estimate of drug-likeness (QED) is 0.848. The molecule has 1 aliphatic heterocycles. The van der Waals surface area contributed by atoms with Crippen molar-refractivity contribution in [3.63, 3.8) is 0 Å². The minimum atomic E-state index is -0.0920. The largest absolute Gasteiger partial charge is 0.314 e. The predicted octanol–water partition coefficient (Wildman–Crippen LogP) is 1.79. The zero-order chi connectivity index (χ0) is 13.3. The molecule has 4 nitrogen and oxygen atoms in total. The van der Waals surface area contributed by atoms with E-state index >= 15 is 0 Å². The lowest BCUT2D eigenvalue weighted by molar-refractivity contribution is 0.102. The smallest absolute Gasteiger partial charge is 0.171 e. The zero-order valence-electron chi connectivity index (χ0n) is 11.5. The van der Waals surface area contributed by atoms with Gasteiger partial charge in [-0.15, -0.1) is 11.3 Å². The van der Waals surface area contributed by atoms with Gasteiger partial charge in [0.15, 0.2) is 5.78 Å². The fourth-order valence-corrected chi connectivity index (χ4v) is 3.44. The van der Waals surface area contributed by atoms with Crippen LogP contribution in [0.3, 0.4) is 0 Å². The number of hydrogen-bond donors (Lipinski definition) is 1. The number of Topliss-reactive ketones (excluding diaryl/α,β-unsaturated/α-hetero) is 1. The lowest BCUT2D eigenvalue weighted by atomic mass is 10.0. The third-order valence-corrected chi connectivity index (χ3v) is 5.12. The van der Waals surface area contributed by atoms with Gasteiger partial charge in [0.1, 0.15) is 5.01 Å². The third kappa shape index (κ3) is 2.48. The van der Waals surface area contributed by atoms with Gasteiger partial charge in [-0.3, -0.25) is 9.69 Å². The maximum atomic E-state index is 11.5. The standard InChI is InChI=1S/C13H21N3OS/c1-9-11(10(2)17)18-12(15-9)13(3,4)16-7-5-14-6-8-16/h14H,5-8H2,1-4H3. The molecule has 1 saturated heterocycles. The first-order chi connectivity index (χ1) is 8.43. The highest BCUT2D eigenvalue weighted by Gasteiger charge is 2.33. The Labute approximate surface area is 112 Å². The van der Waals surface area contributed by atoms with Gasteiger partial charge in [0.05, 0.1) is 16.1 Å². The van der Waals surface area contributed by atoms with E-state index in [4.69, 9.17) is 0 Å². The normalized spacial score (nSPS) is 18.0. The molecule has 1 fully saturated rings. The fraction of sp³-hybridized carbons (Fsp3) is 0.692. The van der Waals surface area contributed by atoms with Crippen molar-refractivity contribution in [1.29, 1.82) is 0 Å². The van der Waals surface area contributed by atoms with Crippen molar-refractivity contribution in [3.8, 4) is 0 Å². The third-order valence-electron chi connectivity index (χ3n) is 3.55. The molecule has 0 saturated carbocycles. The maximum Gasteiger partial charge on any atom is 0.171 e. The van der Waals surface area contributed by atoms with Gasteiger partial charge in [-0.05, 0) is 20.8 Å². The van der Waals surface area contributed by atoms with Crippen LogP contribution >= 0.6 is 11.3 Å². The molecule has 0 aliphatic carbocycles. The fourth-order valence-electron chi connectivity index (χ4n) is 2.34.